The van der Waals surface area contributed by atoms with Crippen molar-refractivity contribution < 1.29 is 4.79 Å². The number of rotatable bonds is 2. The summed E-state index contributed by atoms with van der Waals surface area (Å²) in [5.74, 6) is 0.374. The van der Waals surface area contributed by atoms with E-state index in [9.17, 15) is 4.79 Å². The summed E-state index contributed by atoms with van der Waals surface area (Å²) in [6, 6.07) is 3.67. The van der Waals surface area contributed by atoms with Gasteiger partial charge in [-0.25, -0.2) is 0 Å². The van der Waals surface area contributed by atoms with Gasteiger partial charge in [0.1, 0.15) is 0 Å². The maximum atomic E-state index is 11.5. The number of aromatic nitrogens is 1. The summed E-state index contributed by atoms with van der Waals surface area (Å²) in [6.07, 6.45) is 6.61. The van der Waals surface area contributed by atoms with Crippen LogP contribution in [0.15, 0.2) is 24.5 Å². The highest BCUT2D eigenvalue weighted by molar-refractivity contribution is 5.92. The molecule has 13 heavy (non-hydrogen) atoms. The quantitative estimate of drug-likeness (QED) is 0.746. The molecule has 1 fully saturated rings. The van der Waals surface area contributed by atoms with Crippen molar-refractivity contribution in [2.45, 2.75) is 19.3 Å². The molecule has 0 atom stereocenters. The zero-order valence-corrected chi connectivity index (χ0v) is 7.36. The van der Waals surface area contributed by atoms with Gasteiger partial charge in [0.15, 0.2) is 0 Å². The van der Waals surface area contributed by atoms with Gasteiger partial charge in [-0.05, 0) is 25.0 Å². The van der Waals surface area contributed by atoms with Crippen molar-refractivity contribution in [1.82, 2.24) is 4.98 Å². The van der Waals surface area contributed by atoms with Gasteiger partial charge in [-0.1, -0.05) is 6.42 Å². The van der Waals surface area contributed by atoms with Crippen molar-refractivity contribution in [1.29, 1.82) is 0 Å². The molecule has 3 nitrogen and oxygen atoms in total. The van der Waals surface area contributed by atoms with Crippen molar-refractivity contribution in [3.63, 3.8) is 0 Å². The normalized spacial score (nSPS) is 16.3. The summed E-state index contributed by atoms with van der Waals surface area (Å²) in [5, 5.41) is 2.84. The first-order valence-corrected chi connectivity index (χ1v) is 4.57. The summed E-state index contributed by atoms with van der Waals surface area (Å²) in [6.45, 7) is 0. The molecule has 1 N–H and O–H groups in total. The minimum Gasteiger partial charge on any atom is -0.324 e. The second-order valence-electron chi connectivity index (χ2n) is 3.36. The summed E-state index contributed by atoms with van der Waals surface area (Å²) in [5.41, 5.74) is 0.791. The molecular formula is C10H12N2O. The van der Waals surface area contributed by atoms with Gasteiger partial charge in [0.2, 0.25) is 5.91 Å². The van der Waals surface area contributed by atoms with E-state index in [2.05, 4.69) is 10.3 Å². The number of carbonyl (C=O) groups excluding carboxylic acids is 1. The fourth-order valence-corrected chi connectivity index (χ4v) is 1.35. The van der Waals surface area contributed by atoms with Gasteiger partial charge in [-0.15, -0.1) is 0 Å². The van der Waals surface area contributed by atoms with Crippen LogP contribution in [-0.2, 0) is 4.79 Å². The third-order valence-electron chi connectivity index (χ3n) is 2.41. The average molecular weight is 176 g/mol. The van der Waals surface area contributed by atoms with E-state index in [0.717, 1.165) is 18.5 Å². The number of hydrogen-bond acceptors (Lipinski definition) is 2. The fourth-order valence-electron chi connectivity index (χ4n) is 1.35. The molecule has 0 bridgehead atoms. The highest BCUT2D eigenvalue weighted by atomic mass is 16.1. The Bertz CT molecular complexity index is 293. The zero-order chi connectivity index (χ0) is 9.10. The van der Waals surface area contributed by atoms with E-state index >= 15 is 0 Å². The van der Waals surface area contributed by atoms with E-state index in [-0.39, 0.29) is 11.8 Å². The van der Waals surface area contributed by atoms with Gasteiger partial charge in [0.05, 0.1) is 11.9 Å². The Kier molecular flexibility index (Phi) is 2.25. The van der Waals surface area contributed by atoms with Gasteiger partial charge < -0.3 is 5.32 Å². The topological polar surface area (TPSA) is 42.0 Å². The van der Waals surface area contributed by atoms with Gasteiger partial charge in [0.25, 0.3) is 0 Å². The van der Waals surface area contributed by atoms with Crippen molar-refractivity contribution in [2.75, 3.05) is 5.32 Å². The molecule has 0 saturated heterocycles. The van der Waals surface area contributed by atoms with Crippen LogP contribution in [0.25, 0.3) is 0 Å². The lowest BCUT2D eigenvalue weighted by molar-refractivity contribution is -0.122. The molecule has 1 amide bonds. The summed E-state index contributed by atoms with van der Waals surface area (Å²) in [7, 11) is 0. The molecule has 1 aliphatic rings. The molecule has 0 aromatic carbocycles. The molecule has 0 radical (unpaired) electrons. The molecule has 0 aliphatic heterocycles. The molecular weight excluding hydrogens is 164 g/mol. The predicted octanol–water partition coefficient (Wildman–Crippen LogP) is 1.82. The Labute approximate surface area is 77.2 Å². The molecule has 3 heteroatoms. The van der Waals surface area contributed by atoms with Crippen LogP contribution in [0.5, 0.6) is 0 Å². The van der Waals surface area contributed by atoms with Gasteiger partial charge in [-0.3, -0.25) is 9.78 Å². The Balaban J connectivity index is 1.94. The van der Waals surface area contributed by atoms with E-state index in [1.807, 2.05) is 12.1 Å². The Hall–Kier alpha value is -1.38. The maximum Gasteiger partial charge on any atom is 0.227 e. The molecule has 68 valence electrons. The zero-order valence-electron chi connectivity index (χ0n) is 7.36. The maximum absolute atomic E-state index is 11.5. The standard InChI is InChI=1S/C10H12N2O/c13-10(8-3-1-4-8)12-9-5-2-6-11-7-9/h2,5-8H,1,3-4H2,(H,12,13). The second-order valence-corrected chi connectivity index (χ2v) is 3.36. The van der Waals surface area contributed by atoms with E-state index in [4.69, 9.17) is 0 Å². The van der Waals surface area contributed by atoms with Crippen molar-refractivity contribution in [3.05, 3.63) is 24.5 Å². The first-order chi connectivity index (χ1) is 6.36. The van der Waals surface area contributed by atoms with Crippen molar-refractivity contribution in [3.8, 4) is 0 Å². The Morgan fingerprint density at radius 3 is 2.92 bits per heavy atom. The summed E-state index contributed by atoms with van der Waals surface area (Å²) in [4.78, 5) is 15.4. The van der Waals surface area contributed by atoms with Crippen LogP contribution in [0.1, 0.15) is 19.3 Å². The molecule has 0 unspecified atom stereocenters. The number of anilines is 1. The monoisotopic (exact) mass is 176 g/mol. The Morgan fingerprint density at radius 1 is 1.54 bits per heavy atom. The Morgan fingerprint density at radius 2 is 2.38 bits per heavy atom. The molecule has 2 rings (SSSR count). The van der Waals surface area contributed by atoms with Crippen LogP contribution < -0.4 is 5.32 Å². The lowest BCUT2D eigenvalue weighted by Gasteiger charge is -2.23. The van der Waals surface area contributed by atoms with E-state index in [1.165, 1.54) is 6.42 Å². The van der Waals surface area contributed by atoms with Crippen molar-refractivity contribution >= 4 is 11.6 Å². The van der Waals surface area contributed by atoms with Crippen LogP contribution in [-0.4, -0.2) is 10.9 Å². The van der Waals surface area contributed by atoms with Crippen LogP contribution >= 0.6 is 0 Å². The first kappa shape index (κ1) is 8.23. The minimum absolute atomic E-state index is 0.138. The highest BCUT2D eigenvalue weighted by Gasteiger charge is 2.24. The smallest absolute Gasteiger partial charge is 0.227 e. The first-order valence-electron chi connectivity index (χ1n) is 4.57. The molecule has 1 aromatic rings. The number of nitrogens with zero attached hydrogens (tertiary/aromatic N) is 1. The van der Waals surface area contributed by atoms with E-state index in [0.29, 0.717) is 0 Å². The number of nitrogens with one attached hydrogen (secondary N) is 1. The van der Waals surface area contributed by atoms with Crippen molar-refractivity contribution in [2.24, 2.45) is 5.92 Å². The van der Waals surface area contributed by atoms with E-state index < -0.39 is 0 Å². The lowest BCUT2D eigenvalue weighted by Crippen LogP contribution is -2.27. The van der Waals surface area contributed by atoms with Gasteiger partial charge in [-0.2, -0.15) is 0 Å². The highest BCUT2D eigenvalue weighted by Crippen LogP contribution is 2.27. The van der Waals surface area contributed by atoms with Crippen LogP contribution in [0.4, 0.5) is 5.69 Å². The third kappa shape index (κ3) is 1.86. The molecule has 1 saturated carbocycles. The average Bonchev–Trinajstić information content (AvgIpc) is 2.02. The number of amides is 1. The fraction of sp³-hybridized carbons (Fsp3) is 0.400. The van der Waals surface area contributed by atoms with Crippen LogP contribution in [0, 0.1) is 5.92 Å². The largest absolute Gasteiger partial charge is 0.324 e. The summed E-state index contributed by atoms with van der Waals surface area (Å²) < 4.78 is 0. The van der Waals surface area contributed by atoms with E-state index in [1.54, 1.807) is 12.4 Å². The minimum atomic E-state index is 0.138. The third-order valence-corrected chi connectivity index (χ3v) is 2.41. The van der Waals surface area contributed by atoms with Gasteiger partial charge >= 0.3 is 0 Å². The SMILES string of the molecule is O=C(Nc1cccnc1)C1CCC1. The number of carbonyl (C=O) groups is 1. The predicted molar refractivity (Wildman–Crippen MR) is 50.2 cm³/mol. The molecule has 1 aromatic heterocycles. The number of hydrogen-bond donors (Lipinski definition) is 1. The molecule has 1 aliphatic carbocycles. The molecule has 1 heterocycles. The molecule has 0 spiro atoms. The lowest BCUT2D eigenvalue weighted by atomic mass is 9.85. The van der Waals surface area contributed by atoms with Crippen LogP contribution in [0.3, 0.4) is 0 Å². The number of pyridine rings is 1. The summed E-state index contributed by atoms with van der Waals surface area (Å²) >= 11 is 0. The van der Waals surface area contributed by atoms with Crippen LogP contribution in [0.2, 0.25) is 0 Å². The second kappa shape index (κ2) is 3.56. The van der Waals surface area contributed by atoms with Gasteiger partial charge in [0, 0.05) is 12.1 Å².